The molecule has 4 heteroatoms. The number of carbonyl (C=O) groups is 1. The van der Waals surface area contributed by atoms with Crippen LogP contribution in [0.25, 0.3) is 0 Å². The van der Waals surface area contributed by atoms with E-state index in [2.05, 4.69) is 53.8 Å². The SMILES string of the molecule is CCc1ccc(Cn2cc(I)cc2C(=O)O)cc1. The fourth-order valence-electron chi connectivity index (χ4n) is 1.86. The maximum Gasteiger partial charge on any atom is 0.352 e. The molecular weight excluding hydrogens is 341 g/mol. The van der Waals surface area contributed by atoms with Crippen LogP contribution in [0.3, 0.4) is 0 Å². The Morgan fingerprint density at radius 3 is 2.44 bits per heavy atom. The number of benzene rings is 1. The topological polar surface area (TPSA) is 42.2 Å². The van der Waals surface area contributed by atoms with Gasteiger partial charge in [0.15, 0.2) is 0 Å². The first-order valence-electron chi connectivity index (χ1n) is 5.77. The monoisotopic (exact) mass is 355 g/mol. The van der Waals surface area contributed by atoms with Gasteiger partial charge in [0.05, 0.1) is 0 Å². The molecule has 0 spiro atoms. The van der Waals surface area contributed by atoms with Crippen molar-refractivity contribution in [3.63, 3.8) is 0 Å². The summed E-state index contributed by atoms with van der Waals surface area (Å²) in [6.45, 7) is 2.71. The van der Waals surface area contributed by atoms with Crippen molar-refractivity contribution in [1.82, 2.24) is 4.57 Å². The zero-order valence-electron chi connectivity index (χ0n) is 10.1. The Balaban J connectivity index is 2.25. The number of aryl methyl sites for hydroxylation is 1. The van der Waals surface area contributed by atoms with Gasteiger partial charge in [-0.1, -0.05) is 31.2 Å². The molecule has 0 amide bonds. The molecule has 0 atom stereocenters. The van der Waals surface area contributed by atoms with E-state index in [1.165, 1.54) is 5.56 Å². The summed E-state index contributed by atoms with van der Waals surface area (Å²) in [6, 6.07) is 9.96. The lowest BCUT2D eigenvalue weighted by molar-refractivity contribution is 0.0685. The number of aromatic nitrogens is 1. The first-order valence-corrected chi connectivity index (χ1v) is 6.85. The van der Waals surface area contributed by atoms with E-state index in [-0.39, 0.29) is 0 Å². The Hall–Kier alpha value is -1.30. The Morgan fingerprint density at radius 2 is 1.89 bits per heavy atom. The first kappa shape index (κ1) is 13.1. The van der Waals surface area contributed by atoms with Gasteiger partial charge in [0.2, 0.25) is 0 Å². The molecule has 94 valence electrons. The average molecular weight is 355 g/mol. The summed E-state index contributed by atoms with van der Waals surface area (Å²) in [5.41, 5.74) is 2.74. The molecular formula is C14H14INO2. The number of rotatable bonds is 4. The van der Waals surface area contributed by atoms with Crippen molar-refractivity contribution in [2.24, 2.45) is 0 Å². The van der Waals surface area contributed by atoms with Crippen LogP contribution in [-0.4, -0.2) is 15.6 Å². The molecule has 3 nitrogen and oxygen atoms in total. The smallest absolute Gasteiger partial charge is 0.352 e. The molecule has 1 heterocycles. The summed E-state index contributed by atoms with van der Waals surface area (Å²) in [6.07, 6.45) is 2.87. The van der Waals surface area contributed by atoms with E-state index in [0.717, 1.165) is 15.6 Å². The third kappa shape index (κ3) is 2.93. The molecule has 0 bridgehead atoms. The Morgan fingerprint density at radius 1 is 1.28 bits per heavy atom. The molecule has 1 N–H and O–H groups in total. The molecule has 0 fully saturated rings. The predicted octanol–water partition coefficient (Wildman–Crippen LogP) is 3.40. The highest BCUT2D eigenvalue weighted by Gasteiger charge is 2.11. The summed E-state index contributed by atoms with van der Waals surface area (Å²) >= 11 is 2.13. The van der Waals surface area contributed by atoms with E-state index >= 15 is 0 Å². The van der Waals surface area contributed by atoms with Crippen LogP contribution in [-0.2, 0) is 13.0 Å². The Labute approximate surface area is 120 Å². The van der Waals surface area contributed by atoms with Crippen LogP contribution < -0.4 is 0 Å². The zero-order chi connectivity index (χ0) is 13.1. The lowest BCUT2D eigenvalue weighted by Crippen LogP contribution is -2.08. The molecule has 18 heavy (non-hydrogen) atoms. The van der Waals surface area contributed by atoms with Crippen molar-refractivity contribution in [1.29, 1.82) is 0 Å². The van der Waals surface area contributed by atoms with E-state index in [1.807, 2.05) is 6.20 Å². The normalized spacial score (nSPS) is 10.6. The molecule has 0 aliphatic heterocycles. The highest BCUT2D eigenvalue weighted by atomic mass is 127. The van der Waals surface area contributed by atoms with Crippen LogP contribution in [0, 0.1) is 3.57 Å². The van der Waals surface area contributed by atoms with Crippen LogP contribution in [0.2, 0.25) is 0 Å². The Bertz CT molecular complexity index is 558. The van der Waals surface area contributed by atoms with Gasteiger partial charge in [-0.2, -0.15) is 0 Å². The number of nitrogens with zero attached hydrogens (tertiary/aromatic N) is 1. The quantitative estimate of drug-likeness (QED) is 0.855. The molecule has 0 radical (unpaired) electrons. The molecule has 0 aliphatic rings. The van der Waals surface area contributed by atoms with Gasteiger partial charge >= 0.3 is 5.97 Å². The third-order valence-corrected chi connectivity index (χ3v) is 3.46. The van der Waals surface area contributed by atoms with Gasteiger partial charge < -0.3 is 9.67 Å². The standard InChI is InChI=1S/C14H14INO2/c1-2-10-3-5-11(6-4-10)8-16-9-12(15)7-13(16)14(17)18/h3-7,9H,2,8H2,1H3,(H,17,18). The molecule has 2 rings (SSSR count). The van der Waals surface area contributed by atoms with E-state index in [0.29, 0.717) is 12.2 Å². The number of carboxylic acid groups (broad SMARTS) is 1. The molecule has 1 aromatic heterocycles. The number of aromatic carboxylic acids is 1. The van der Waals surface area contributed by atoms with Crippen LogP contribution in [0.4, 0.5) is 0 Å². The van der Waals surface area contributed by atoms with Gasteiger partial charge in [-0.3, -0.25) is 0 Å². The summed E-state index contributed by atoms with van der Waals surface area (Å²) < 4.78 is 2.71. The minimum atomic E-state index is -0.886. The molecule has 2 aromatic rings. The second-order valence-corrected chi connectivity index (χ2v) is 5.39. The molecule has 0 unspecified atom stereocenters. The van der Waals surface area contributed by atoms with Crippen molar-refractivity contribution in [2.45, 2.75) is 19.9 Å². The van der Waals surface area contributed by atoms with E-state index in [9.17, 15) is 4.79 Å². The summed E-state index contributed by atoms with van der Waals surface area (Å²) in [4.78, 5) is 11.1. The lowest BCUT2D eigenvalue weighted by Gasteiger charge is -2.07. The maximum absolute atomic E-state index is 11.1. The predicted molar refractivity (Wildman–Crippen MR) is 79.0 cm³/mol. The number of hydrogen-bond donors (Lipinski definition) is 1. The van der Waals surface area contributed by atoms with Crippen LogP contribution in [0.5, 0.6) is 0 Å². The average Bonchev–Trinajstić information content (AvgIpc) is 2.71. The molecule has 0 aliphatic carbocycles. The third-order valence-electron chi connectivity index (χ3n) is 2.87. The van der Waals surface area contributed by atoms with Gasteiger partial charge in [-0.15, -0.1) is 0 Å². The van der Waals surface area contributed by atoms with Crippen molar-refractivity contribution in [3.8, 4) is 0 Å². The second-order valence-electron chi connectivity index (χ2n) is 4.15. The van der Waals surface area contributed by atoms with Gasteiger partial charge in [0.1, 0.15) is 5.69 Å². The van der Waals surface area contributed by atoms with Crippen LogP contribution in [0.15, 0.2) is 36.5 Å². The highest BCUT2D eigenvalue weighted by molar-refractivity contribution is 14.1. The summed E-state index contributed by atoms with van der Waals surface area (Å²) in [7, 11) is 0. The van der Waals surface area contributed by atoms with Crippen molar-refractivity contribution >= 4 is 28.6 Å². The molecule has 0 saturated heterocycles. The van der Waals surface area contributed by atoms with Crippen LogP contribution in [0.1, 0.15) is 28.5 Å². The first-order chi connectivity index (χ1) is 8.60. The van der Waals surface area contributed by atoms with E-state index < -0.39 is 5.97 Å². The number of hydrogen-bond acceptors (Lipinski definition) is 1. The minimum absolute atomic E-state index is 0.332. The largest absolute Gasteiger partial charge is 0.477 e. The number of halogens is 1. The van der Waals surface area contributed by atoms with Gasteiger partial charge in [0.25, 0.3) is 0 Å². The number of carboxylic acids is 1. The summed E-state index contributed by atoms with van der Waals surface area (Å²) in [5, 5.41) is 9.12. The maximum atomic E-state index is 11.1. The fourth-order valence-corrected chi connectivity index (χ4v) is 2.49. The van der Waals surface area contributed by atoms with Crippen LogP contribution >= 0.6 is 22.6 Å². The molecule has 0 saturated carbocycles. The van der Waals surface area contributed by atoms with E-state index in [1.54, 1.807) is 10.6 Å². The van der Waals surface area contributed by atoms with E-state index in [4.69, 9.17) is 5.11 Å². The van der Waals surface area contributed by atoms with Crippen molar-refractivity contribution in [3.05, 3.63) is 56.9 Å². The van der Waals surface area contributed by atoms with Gasteiger partial charge in [0, 0.05) is 16.3 Å². The van der Waals surface area contributed by atoms with Gasteiger partial charge in [-0.05, 0) is 46.2 Å². The van der Waals surface area contributed by atoms with Crippen molar-refractivity contribution < 1.29 is 9.90 Å². The minimum Gasteiger partial charge on any atom is -0.477 e. The highest BCUT2D eigenvalue weighted by Crippen LogP contribution is 2.14. The summed E-state index contributed by atoms with van der Waals surface area (Å²) in [5.74, 6) is -0.886. The molecule has 1 aromatic carbocycles. The zero-order valence-corrected chi connectivity index (χ0v) is 12.2. The van der Waals surface area contributed by atoms with Gasteiger partial charge in [-0.25, -0.2) is 4.79 Å². The second kappa shape index (κ2) is 5.56. The van der Waals surface area contributed by atoms with Crippen molar-refractivity contribution in [2.75, 3.05) is 0 Å². The Kier molecular flexibility index (Phi) is 4.06. The lowest BCUT2D eigenvalue weighted by atomic mass is 10.1. The fraction of sp³-hybridized carbons (Fsp3) is 0.214.